The molecule has 68 valence electrons. The number of rotatable bonds is 1. The Morgan fingerprint density at radius 3 is 2.42 bits per heavy atom. The second kappa shape index (κ2) is 2.46. The average molecular weight is 169 g/mol. The van der Waals surface area contributed by atoms with Crippen molar-refractivity contribution in [3.63, 3.8) is 0 Å². The van der Waals surface area contributed by atoms with Crippen molar-refractivity contribution in [2.45, 2.75) is 31.7 Å². The van der Waals surface area contributed by atoms with Gasteiger partial charge in [0.15, 0.2) is 0 Å². The van der Waals surface area contributed by atoms with E-state index in [1.54, 1.807) is 0 Å². The van der Waals surface area contributed by atoms with E-state index in [9.17, 15) is 4.79 Å². The Labute approximate surface area is 72.3 Å². The Hall–Kier alpha value is -0.570. The van der Waals surface area contributed by atoms with E-state index in [0.29, 0.717) is 11.5 Å². The van der Waals surface area contributed by atoms with Gasteiger partial charge in [0, 0.05) is 6.04 Å². The zero-order valence-corrected chi connectivity index (χ0v) is 7.38. The van der Waals surface area contributed by atoms with Crippen LogP contribution in [0.4, 0.5) is 0 Å². The zero-order valence-electron chi connectivity index (χ0n) is 7.38. The fraction of sp³-hybridized carbons (Fsp3) is 0.889. The molecule has 0 aromatic heterocycles. The molecule has 0 amide bonds. The molecule has 2 fully saturated rings. The summed E-state index contributed by atoms with van der Waals surface area (Å²) < 4.78 is 4.67. The molecule has 0 aliphatic heterocycles. The van der Waals surface area contributed by atoms with Crippen molar-refractivity contribution in [2.24, 2.45) is 17.1 Å². The first-order chi connectivity index (χ1) is 5.65. The van der Waals surface area contributed by atoms with E-state index >= 15 is 0 Å². The van der Waals surface area contributed by atoms with Gasteiger partial charge in [0.2, 0.25) is 0 Å². The zero-order chi connectivity index (χ0) is 8.77. The minimum atomic E-state index is -0.0407. The van der Waals surface area contributed by atoms with Crippen LogP contribution in [0.15, 0.2) is 0 Å². The highest BCUT2D eigenvalue weighted by molar-refractivity contribution is 5.73. The second-order valence-corrected chi connectivity index (χ2v) is 4.30. The third kappa shape index (κ3) is 1.04. The Bertz CT molecular complexity index is 201. The molecule has 0 unspecified atom stereocenters. The first-order valence-electron chi connectivity index (χ1n) is 4.49. The highest BCUT2D eigenvalue weighted by atomic mass is 16.5. The average Bonchev–Trinajstić information content (AvgIpc) is 1.92. The lowest BCUT2D eigenvalue weighted by Crippen LogP contribution is -2.54. The van der Waals surface area contributed by atoms with Gasteiger partial charge in [-0.1, -0.05) is 0 Å². The largest absolute Gasteiger partial charge is 0.469 e. The molecule has 2 saturated carbocycles. The number of hydrogen-bond acceptors (Lipinski definition) is 3. The number of carbonyl (C=O) groups excluding carboxylic acids is 1. The SMILES string of the molecule is COC(=O)[C@H]1CC2(C[C@@H](N)C2)C1. The van der Waals surface area contributed by atoms with Gasteiger partial charge in [-0.05, 0) is 31.1 Å². The van der Waals surface area contributed by atoms with Gasteiger partial charge < -0.3 is 10.5 Å². The third-order valence-corrected chi connectivity index (χ3v) is 3.28. The smallest absolute Gasteiger partial charge is 0.308 e. The molecule has 0 heterocycles. The monoisotopic (exact) mass is 169 g/mol. The molecule has 0 radical (unpaired) electrons. The lowest BCUT2D eigenvalue weighted by Gasteiger charge is -2.55. The summed E-state index contributed by atoms with van der Waals surface area (Å²) >= 11 is 0. The maximum absolute atomic E-state index is 11.0. The van der Waals surface area contributed by atoms with Gasteiger partial charge in [-0.25, -0.2) is 0 Å². The molecule has 0 saturated heterocycles. The molecule has 0 aromatic rings. The van der Waals surface area contributed by atoms with Gasteiger partial charge >= 0.3 is 5.97 Å². The number of esters is 1. The van der Waals surface area contributed by atoms with Crippen LogP contribution in [0.3, 0.4) is 0 Å². The molecular weight excluding hydrogens is 154 g/mol. The van der Waals surface area contributed by atoms with Crippen LogP contribution < -0.4 is 5.73 Å². The Kier molecular flexibility index (Phi) is 1.65. The van der Waals surface area contributed by atoms with Crippen LogP contribution in [0.2, 0.25) is 0 Å². The molecule has 2 aliphatic carbocycles. The molecule has 3 heteroatoms. The number of nitrogens with two attached hydrogens (primary N) is 1. The summed E-state index contributed by atoms with van der Waals surface area (Å²) in [6, 6.07) is 0.392. The van der Waals surface area contributed by atoms with Crippen LogP contribution in [0.1, 0.15) is 25.7 Å². The quantitative estimate of drug-likeness (QED) is 0.587. The first-order valence-corrected chi connectivity index (χ1v) is 4.49. The number of carbonyl (C=O) groups is 1. The van der Waals surface area contributed by atoms with Gasteiger partial charge in [-0.2, -0.15) is 0 Å². The molecule has 1 spiro atoms. The van der Waals surface area contributed by atoms with Crippen LogP contribution in [0.25, 0.3) is 0 Å². The van der Waals surface area contributed by atoms with Crippen LogP contribution in [0.5, 0.6) is 0 Å². The molecular formula is C9H15NO2. The predicted octanol–water partition coefficient (Wildman–Crippen LogP) is 0.677. The molecule has 0 bridgehead atoms. The summed E-state index contributed by atoms with van der Waals surface area (Å²) in [7, 11) is 1.46. The summed E-state index contributed by atoms with van der Waals surface area (Å²) in [6.07, 6.45) is 4.24. The molecule has 2 aliphatic rings. The molecule has 3 nitrogen and oxygen atoms in total. The highest BCUT2D eigenvalue weighted by Gasteiger charge is 2.54. The lowest BCUT2D eigenvalue weighted by atomic mass is 9.50. The van der Waals surface area contributed by atoms with Crippen molar-refractivity contribution < 1.29 is 9.53 Å². The fourth-order valence-electron chi connectivity index (χ4n) is 2.70. The van der Waals surface area contributed by atoms with Gasteiger partial charge in [0.05, 0.1) is 13.0 Å². The van der Waals surface area contributed by atoms with Crippen LogP contribution in [-0.2, 0) is 9.53 Å². The van der Waals surface area contributed by atoms with E-state index in [1.807, 2.05) is 0 Å². The first kappa shape index (κ1) is 8.05. The van der Waals surface area contributed by atoms with Crippen molar-refractivity contribution in [3.05, 3.63) is 0 Å². The normalized spacial score (nSPS) is 44.8. The van der Waals surface area contributed by atoms with Crippen molar-refractivity contribution in [3.8, 4) is 0 Å². The van der Waals surface area contributed by atoms with E-state index in [0.717, 1.165) is 25.7 Å². The summed E-state index contributed by atoms with van der Waals surface area (Å²) in [5, 5.41) is 0. The molecule has 2 rings (SSSR count). The molecule has 0 aromatic carbocycles. The lowest BCUT2D eigenvalue weighted by molar-refractivity contribution is -0.158. The number of hydrogen-bond donors (Lipinski definition) is 1. The minimum absolute atomic E-state index is 0.0407. The van der Waals surface area contributed by atoms with Crippen molar-refractivity contribution >= 4 is 5.97 Å². The van der Waals surface area contributed by atoms with Gasteiger partial charge in [0.25, 0.3) is 0 Å². The van der Waals surface area contributed by atoms with Gasteiger partial charge in [-0.15, -0.1) is 0 Å². The number of methoxy groups -OCH3 is 1. The van der Waals surface area contributed by atoms with E-state index < -0.39 is 0 Å². The van der Waals surface area contributed by atoms with Crippen LogP contribution in [-0.4, -0.2) is 19.1 Å². The molecule has 2 N–H and O–H groups in total. The van der Waals surface area contributed by atoms with Crippen molar-refractivity contribution in [1.82, 2.24) is 0 Å². The highest BCUT2D eigenvalue weighted by Crippen LogP contribution is 2.58. The minimum Gasteiger partial charge on any atom is -0.469 e. The summed E-state index contributed by atoms with van der Waals surface area (Å²) in [5.74, 6) is 0.128. The van der Waals surface area contributed by atoms with Gasteiger partial charge in [-0.3, -0.25) is 4.79 Å². The van der Waals surface area contributed by atoms with Crippen LogP contribution in [0, 0.1) is 11.3 Å². The van der Waals surface area contributed by atoms with E-state index in [2.05, 4.69) is 4.74 Å². The van der Waals surface area contributed by atoms with E-state index in [1.165, 1.54) is 7.11 Å². The van der Waals surface area contributed by atoms with E-state index in [-0.39, 0.29) is 11.9 Å². The number of ether oxygens (including phenoxy) is 1. The standard InChI is InChI=1S/C9H15NO2/c1-12-8(11)6-2-9(3-6)4-7(10)5-9/h6-7H,2-5,10H2,1H3/t6-,7-,9?. The molecule has 12 heavy (non-hydrogen) atoms. The van der Waals surface area contributed by atoms with Crippen molar-refractivity contribution in [2.75, 3.05) is 7.11 Å². The second-order valence-electron chi connectivity index (χ2n) is 4.30. The Balaban J connectivity index is 1.81. The predicted molar refractivity (Wildman–Crippen MR) is 44.4 cm³/mol. The molecule has 0 atom stereocenters. The van der Waals surface area contributed by atoms with E-state index in [4.69, 9.17) is 5.73 Å². The Morgan fingerprint density at radius 2 is 2.00 bits per heavy atom. The summed E-state index contributed by atoms with van der Waals surface area (Å²) in [4.78, 5) is 11.0. The Morgan fingerprint density at radius 1 is 1.42 bits per heavy atom. The van der Waals surface area contributed by atoms with Crippen molar-refractivity contribution in [1.29, 1.82) is 0 Å². The topological polar surface area (TPSA) is 52.3 Å². The fourth-order valence-corrected chi connectivity index (χ4v) is 2.70. The summed E-state index contributed by atoms with van der Waals surface area (Å²) in [6.45, 7) is 0. The van der Waals surface area contributed by atoms with Crippen LogP contribution >= 0.6 is 0 Å². The summed E-state index contributed by atoms with van der Waals surface area (Å²) in [5.41, 5.74) is 6.14. The van der Waals surface area contributed by atoms with Gasteiger partial charge in [0.1, 0.15) is 0 Å². The maximum Gasteiger partial charge on any atom is 0.308 e. The third-order valence-electron chi connectivity index (χ3n) is 3.28. The maximum atomic E-state index is 11.0.